The van der Waals surface area contributed by atoms with E-state index >= 15 is 0 Å². The van der Waals surface area contributed by atoms with Crippen molar-refractivity contribution in [2.45, 2.75) is 24.7 Å². The normalized spacial score (nSPS) is 19.8. The van der Waals surface area contributed by atoms with E-state index in [1.165, 1.54) is 0 Å². The Hall–Kier alpha value is -1.71. The summed E-state index contributed by atoms with van der Waals surface area (Å²) in [6, 6.07) is 5.74. The topological polar surface area (TPSA) is 55.8 Å². The van der Waals surface area contributed by atoms with Crippen molar-refractivity contribution >= 4 is 5.97 Å². The average molecular weight is 234 g/mol. The maximum atomic E-state index is 10.9. The van der Waals surface area contributed by atoms with Crippen LogP contribution in [0.15, 0.2) is 18.2 Å². The van der Waals surface area contributed by atoms with Gasteiger partial charge in [0.2, 0.25) is 0 Å². The average Bonchev–Trinajstić information content (AvgIpc) is 3.08. The molecule has 0 aromatic heterocycles. The minimum atomic E-state index is -0.753. The van der Waals surface area contributed by atoms with Crippen molar-refractivity contribution in [3.8, 4) is 11.5 Å². The number of hydrogen-bond acceptors (Lipinski definition) is 3. The van der Waals surface area contributed by atoms with Gasteiger partial charge in [0.1, 0.15) is 13.2 Å². The first-order valence-corrected chi connectivity index (χ1v) is 5.82. The number of fused-ring (bicyclic) bond motifs is 1. The van der Waals surface area contributed by atoms with Crippen LogP contribution < -0.4 is 9.47 Å². The van der Waals surface area contributed by atoms with E-state index in [4.69, 9.17) is 14.6 Å². The van der Waals surface area contributed by atoms with Gasteiger partial charge in [-0.1, -0.05) is 12.1 Å². The van der Waals surface area contributed by atoms with Crippen molar-refractivity contribution in [3.63, 3.8) is 0 Å². The highest BCUT2D eigenvalue weighted by Gasteiger charge is 2.48. The molecule has 1 aliphatic heterocycles. The fourth-order valence-electron chi connectivity index (χ4n) is 2.47. The fourth-order valence-corrected chi connectivity index (χ4v) is 2.47. The van der Waals surface area contributed by atoms with Crippen LogP contribution in [-0.2, 0) is 10.2 Å². The molecule has 90 valence electrons. The van der Waals surface area contributed by atoms with E-state index < -0.39 is 5.97 Å². The Labute approximate surface area is 99.2 Å². The molecule has 4 heteroatoms. The zero-order valence-electron chi connectivity index (χ0n) is 9.44. The second-order valence-corrected chi connectivity index (χ2v) is 4.68. The lowest BCUT2D eigenvalue weighted by molar-refractivity contribution is -0.137. The molecule has 17 heavy (non-hydrogen) atoms. The quantitative estimate of drug-likeness (QED) is 0.868. The lowest BCUT2D eigenvalue weighted by Gasteiger charge is -2.24. The minimum absolute atomic E-state index is 0.173. The van der Waals surface area contributed by atoms with E-state index in [1.54, 1.807) is 0 Å². The van der Waals surface area contributed by atoms with E-state index in [0.29, 0.717) is 13.2 Å². The van der Waals surface area contributed by atoms with Crippen molar-refractivity contribution in [3.05, 3.63) is 23.8 Å². The number of benzene rings is 1. The van der Waals surface area contributed by atoms with Gasteiger partial charge in [-0.25, -0.2) is 0 Å². The predicted octanol–water partition coefficient (Wildman–Crippen LogP) is 1.96. The van der Waals surface area contributed by atoms with Gasteiger partial charge in [-0.05, 0) is 18.9 Å². The third-order valence-electron chi connectivity index (χ3n) is 3.48. The largest absolute Gasteiger partial charge is 0.486 e. The molecule has 0 unspecified atom stereocenters. The zero-order chi connectivity index (χ0) is 11.9. The Morgan fingerprint density at radius 2 is 2.06 bits per heavy atom. The van der Waals surface area contributed by atoms with Gasteiger partial charge in [-0.3, -0.25) is 4.79 Å². The highest BCUT2D eigenvalue weighted by atomic mass is 16.6. The van der Waals surface area contributed by atoms with Crippen molar-refractivity contribution in [1.82, 2.24) is 0 Å². The molecular formula is C13H14O4. The van der Waals surface area contributed by atoms with Crippen LogP contribution in [0.4, 0.5) is 0 Å². The van der Waals surface area contributed by atoms with Gasteiger partial charge >= 0.3 is 5.97 Å². The number of carboxylic acids is 1. The Kier molecular flexibility index (Phi) is 2.24. The first kappa shape index (κ1) is 10.4. The maximum absolute atomic E-state index is 10.9. The summed E-state index contributed by atoms with van der Waals surface area (Å²) in [6.07, 6.45) is 2.00. The Bertz CT molecular complexity index is 462. The van der Waals surface area contributed by atoms with Crippen molar-refractivity contribution < 1.29 is 19.4 Å². The summed E-state index contributed by atoms with van der Waals surface area (Å²) in [6.45, 7) is 1.09. The van der Waals surface area contributed by atoms with Crippen molar-refractivity contribution in [1.29, 1.82) is 0 Å². The highest BCUT2D eigenvalue weighted by Crippen LogP contribution is 2.55. The van der Waals surface area contributed by atoms with Gasteiger partial charge in [-0.2, -0.15) is 0 Å². The van der Waals surface area contributed by atoms with E-state index in [0.717, 1.165) is 29.9 Å². The highest BCUT2D eigenvalue weighted by molar-refractivity contribution is 5.71. The lowest BCUT2D eigenvalue weighted by atomic mass is 9.91. The Morgan fingerprint density at radius 1 is 1.29 bits per heavy atom. The molecule has 1 saturated carbocycles. The molecule has 1 aliphatic carbocycles. The van der Waals surface area contributed by atoms with Crippen LogP contribution >= 0.6 is 0 Å². The number of aliphatic carboxylic acids is 1. The molecule has 0 bridgehead atoms. The molecule has 1 N–H and O–H groups in total. The first-order chi connectivity index (χ1) is 8.21. The molecular weight excluding hydrogens is 220 g/mol. The Balaban J connectivity index is 2.00. The van der Waals surface area contributed by atoms with Crippen molar-refractivity contribution in [2.24, 2.45) is 0 Å². The third-order valence-corrected chi connectivity index (χ3v) is 3.48. The molecule has 1 heterocycles. The van der Waals surface area contributed by atoms with Crippen LogP contribution in [0.3, 0.4) is 0 Å². The SMILES string of the molecule is O=C(O)CC1(c2cccc3c2OCCO3)CC1. The summed E-state index contributed by atoms with van der Waals surface area (Å²) < 4.78 is 11.2. The van der Waals surface area contributed by atoms with E-state index in [9.17, 15) is 4.79 Å². The first-order valence-electron chi connectivity index (χ1n) is 5.82. The number of para-hydroxylation sites is 1. The molecule has 1 fully saturated rings. The molecule has 0 radical (unpaired) electrons. The second-order valence-electron chi connectivity index (χ2n) is 4.68. The molecule has 1 aromatic carbocycles. The van der Waals surface area contributed by atoms with Crippen LogP contribution in [0.5, 0.6) is 11.5 Å². The molecule has 0 atom stereocenters. The third kappa shape index (κ3) is 1.73. The van der Waals surface area contributed by atoms with Crippen LogP contribution in [-0.4, -0.2) is 24.3 Å². The molecule has 2 aliphatic rings. The van der Waals surface area contributed by atoms with Gasteiger partial charge in [0.25, 0.3) is 0 Å². The molecule has 0 amide bonds. The van der Waals surface area contributed by atoms with Gasteiger partial charge in [0.05, 0.1) is 6.42 Å². The summed E-state index contributed by atoms with van der Waals surface area (Å²) in [5.41, 5.74) is 0.773. The van der Waals surface area contributed by atoms with E-state index in [-0.39, 0.29) is 11.8 Å². The predicted molar refractivity (Wildman–Crippen MR) is 60.6 cm³/mol. The fraction of sp³-hybridized carbons (Fsp3) is 0.462. The number of rotatable bonds is 3. The molecule has 0 saturated heterocycles. The molecule has 3 rings (SSSR count). The second kappa shape index (κ2) is 3.65. The van der Waals surface area contributed by atoms with Gasteiger partial charge in [0.15, 0.2) is 11.5 Å². The number of ether oxygens (including phenoxy) is 2. The van der Waals surface area contributed by atoms with Crippen LogP contribution in [0, 0.1) is 0 Å². The van der Waals surface area contributed by atoms with Crippen LogP contribution in [0.25, 0.3) is 0 Å². The summed E-state index contributed by atoms with van der Waals surface area (Å²) in [5.74, 6) is 0.736. The maximum Gasteiger partial charge on any atom is 0.304 e. The monoisotopic (exact) mass is 234 g/mol. The van der Waals surface area contributed by atoms with Crippen LogP contribution in [0.2, 0.25) is 0 Å². The smallest absolute Gasteiger partial charge is 0.304 e. The zero-order valence-corrected chi connectivity index (χ0v) is 9.44. The Morgan fingerprint density at radius 3 is 2.76 bits per heavy atom. The standard InChI is InChI=1S/C13H14O4/c14-11(15)8-13(4-5-13)9-2-1-3-10-12(9)17-7-6-16-10/h1-3H,4-8H2,(H,14,15). The summed E-state index contributed by atoms with van der Waals surface area (Å²) in [7, 11) is 0. The van der Waals surface area contributed by atoms with E-state index in [1.807, 2.05) is 18.2 Å². The number of hydrogen-bond donors (Lipinski definition) is 1. The van der Waals surface area contributed by atoms with Crippen LogP contribution in [0.1, 0.15) is 24.8 Å². The molecule has 4 nitrogen and oxygen atoms in total. The number of carbonyl (C=O) groups is 1. The number of carboxylic acid groups (broad SMARTS) is 1. The minimum Gasteiger partial charge on any atom is -0.486 e. The lowest BCUT2D eigenvalue weighted by Crippen LogP contribution is -2.20. The summed E-state index contributed by atoms with van der Waals surface area (Å²) in [5, 5.41) is 8.98. The van der Waals surface area contributed by atoms with Crippen molar-refractivity contribution in [2.75, 3.05) is 13.2 Å². The van der Waals surface area contributed by atoms with Gasteiger partial charge < -0.3 is 14.6 Å². The summed E-state index contributed by atoms with van der Waals surface area (Å²) >= 11 is 0. The molecule has 0 spiro atoms. The van der Waals surface area contributed by atoms with Gasteiger partial charge in [0, 0.05) is 11.0 Å². The summed E-state index contributed by atoms with van der Waals surface area (Å²) in [4.78, 5) is 10.9. The van der Waals surface area contributed by atoms with Gasteiger partial charge in [-0.15, -0.1) is 0 Å². The molecule has 1 aromatic rings. The van der Waals surface area contributed by atoms with E-state index in [2.05, 4.69) is 0 Å².